The fourth-order valence-electron chi connectivity index (χ4n) is 1.59. The van der Waals surface area contributed by atoms with E-state index < -0.39 is 41.2 Å². The van der Waals surface area contributed by atoms with Gasteiger partial charge in [-0.2, -0.15) is 0 Å². The van der Waals surface area contributed by atoms with Gasteiger partial charge in [0, 0.05) is 6.07 Å². The van der Waals surface area contributed by atoms with Gasteiger partial charge in [-0.15, -0.1) is 0 Å². The number of rotatable bonds is 4. The third kappa shape index (κ3) is 3.60. The quantitative estimate of drug-likeness (QED) is 0.599. The van der Waals surface area contributed by atoms with E-state index in [4.69, 9.17) is 4.74 Å². The van der Waals surface area contributed by atoms with Crippen molar-refractivity contribution in [3.8, 4) is 5.75 Å². The van der Waals surface area contributed by atoms with Crippen LogP contribution < -0.4 is 4.74 Å². The summed E-state index contributed by atoms with van der Waals surface area (Å²) in [7, 11) is 0. The summed E-state index contributed by atoms with van der Waals surface area (Å²) < 4.78 is 57.6. The zero-order chi connectivity index (χ0) is 15.6. The zero-order valence-electron chi connectivity index (χ0n) is 10.3. The molecule has 0 aromatic heterocycles. The first-order valence-electron chi connectivity index (χ1n) is 5.64. The molecule has 7 heteroatoms. The average molecular weight is 363 g/mol. The predicted octanol–water partition coefficient (Wildman–Crippen LogP) is 4.27. The Labute approximate surface area is 125 Å². The van der Waals surface area contributed by atoms with Crippen molar-refractivity contribution in [2.24, 2.45) is 0 Å². The Hall–Kier alpha value is -1.89. The highest BCUT2D eigenvalue weighted by Gasteiger charge is 2.16. The summed E-state index contributed by atoms with van der Waals surface area (Å²) in [6.07, 6.45) is 0. The van der Waals surface area contributed by atoms with Gasteiger partial charge in [0.25, 0.3) is 0 Å². The van der Waals surface area contributed by atoms with Gasteiger partial charge in [0.15, 0.2) is 18.2 Å². The number of hydrogen-bond acceptors (Lipinski definition) is 2. The zero-order valence-corrected chi connectivity index (χ0v) is 11.9. The first kappa shape index (κ1) is 15.5. The molecule has 110 valence electrons. The largest absolute Gasteiger partial charge is 0.481 e. The molecule has 0 aliphatic heterocycles. The van der Waals surface area contributed by atoms with E-state index in [0.29, 0.717) is 6.07 Å². The van der Waals surface area contributed by atoms with Crippen LogP contribution in [0.3, 0.4) is 0 Å². The van der Waals surface area contributed by atoms with Crippen molar-refractivity contribution in [1.29, 1.82) is 0 Å². The third-order valence-corrected chi connectivity index (χ3v) is 3.13. The maximum atomic E-state index is 13.5. The molecule has 2 nitrogen and oxygen atoms in total. The van der Waals surface area contributed by atoms with Gasteiger partial charge in [0.2, 0.25) is 5.78 Å². The van der Waals surface area contributed by atoms with E-state index in [1.165, 1.54) is 0 Å². The molecule has 0 aliphatic rings. The first-order chi connectivity index (χ1) is 9.88. The molecule has 21 heavy (non-hydrogen) atoms. The summed E-state index contributed by atoms with van der Waals surface area (Å²) in [6.45, 7) is -0.721. The minimum atomic E-state index is -1.02. The standard InChI is InChI=1S/C14H7BrF4O2/c15-10-4-8(17)5-12(19)14(10)21-6-13(20)9-3-7(16)1-2-11(9)18/h1-5H,6H2. The highest BCUT2D eigenvalue weighted by molar-refractivity contribution is 9.10. The number of Topliss-reactive ketones (excluding diaryl/α,β-unsaturated/α-hetero) is 1. The summed E-state index contributed by atoms with van der Waals surface area (Å²) >= 11 is 2.88. The molecule has 0 saturated heterocycles. The van der Waals surface area contributed by atoms with Gasteiger partial charge in [-0.1, -0.05) is 0 Å². The van der Waals surface area contributed by atoms with Crippen LogP contribution in [-0.4, -0.2) is 12.4 Å². The molecule has 0 amide bonds. The van der Waals surface area contributed by atoms with Crippen LogP contribution in [0, 0.1) is 23.3 Å². The monoisotopic (exact) mass is 362 g/mol. The van der Waals surface area contributed by atoms with Crippen LogP contribution in [0.4, 0.5) is 17.6 Å². The molecule has 2 rings (SSSR count). The normalized spacial score (nSPS) is 10.5. The van der Waals surface area contributed by atoms with Gasteiger partial charge < -0.3 is 4.74 Å². The van der Waals surface area contributed by atoms with E-state index in [1.807, 2.05) is 0 Å². The number of ketones is 1. The van der Waals surface area contributed by atoms with E-state index in [-0.39, 0.29) is 10.2 Å². The van der Waals surface area contributed by atoms with Crippen LogP contribution in [0.1, 0.15) is 10.4 Å². The second-order valence-electron chi connectivity index (χ2n) is 4.03. The lowest BCUT2D eigenvalue weighted by atomic mass is 10.1. The average Bonchev–Trinajstić information content (AvgIpc) is 2.40. The molecule has 2 aromatic rings. The van der Waals surface area contributed by atoms with E-state index in [1.54, 1.807) is 0 Å². The molecule has 0 spiro atoms. The molecule has 0 unspecified atom stereocenters. The topological polar surface area (TPSA) is 26.3 Å². The van der Waals surface area contributed by atoms with Gasteiger partial charge in [-0.25, -0.2) is 17.6 Å². The van der Waals surface area contributed by atoms with Crippen LogP contribution in [0.25, 0.3) is 0 Å². The van der Waals surface area contributed by atoms with Crippen LogP contribution in [-0.2, 0) is 0 Å². The van der Waals surface area contributed by atoms with E-state index >= 15 is 0 Å². The van der Waals surface area contributed by atoms with Crippen LogP contribution in [0.2, 0.25) is 0 Å². The highest BCUT2D eigenvalue weighted by Crippen LogP contribution is 2.29. The fourth-order valence-corrected chi connectivity index (χ4v) is 2.12. The SMILES string of the molecule is O=C(COc1c(F)cc(F)cc1Br)c1cc(F)ccc1F. The molecule has 0 atom stereocenters. The van der Waals surface area contributed by atoms with Gasteiger partial charge in [0.05, 0.1) is 10.0 Å². The number of ether oxygens (including phenoxy) is 1. The Bertz CT molecular complexity index is 680. The van der Waals surface area contributed by atoms with Crippen molar-refractivity contribution in [2.75, 3.05) is 6.61 Å². The third-order valence-electron chi connectivity index (χ3n) is 2.54. The van der Waals surface area contributed by atoms with Crippen molar-refractivity contribution in [2.45, 2.75) is 0 Å². The van der Waals surface area contributed by atoms with Gasteiger partial charge in [-0.3, -0.25) is 4.79 Å². The number of carbonyl (C=O) groups is 1. The maximum absolute atomic E-state index is 13.5. The van der Waals surface area contributed by atoms with E-state index in [0.717, 1.165) is 24.3 Å². The van der Waals surface area contributed by atoms with Gasteiger partial charge in [-0.05, 0) is 40.2 Å². The predicted molar refractivity (Wildman–Crippen MR) is 70.2 cm³/mol. The molecular formula is C14H7BrF4O2. The Morgan fingerprint density at radius 2 is 1.71 bits per heavy atom. The summed E-state index contributed by atoms with van der Waals surface area (Å²) in [6, 6.07) is 3.91. The molecule has 0 aliphatic carbocycles. The molecule has 0 heterocycles. The summed E-state index contributed by atoms with van der Waals surface area (Å²) in [5.74, 6) is -4.80. The van der Waals surface area contributed by atoms with Crippen molar-refractivity contribution in [3.63, 3.8) is 0 Å². The number of hydrogen-bond donors (Lipinski definition) is 0. The number of benzene rings is 2. The van der Waals surface area contributed by atoms with Crippen molar-refractivity contribution >= 4 is 21.7 Å². The summed E-state index contributed by atoms with van der Waals surface area (Å²) in [5, 5.41) is 0. The Kier molecular flexibility index (Phi) is 4.62. The molecule has 0 N–H and O–H groups in total. The van der Waals surface area contributed by atoms with Crippen LogP contribution in [0.5, 0.6) is 5.75 Å². The van der Waals surface area contributed by atoms with E-state index in [2.05, 4.69) is 15.9 Å². The van der Waals surface area contributed by atoms with Crippen LogP contribution >= 0.6 is 15.9 Å². The minimum absolute atomic E-state index is 0.0347. The molecule has 0 saturated carbocycles. The van der Waals surface area contributed by atoms with Gasteiger partial charge >= 0.3 is 0 Å². The minimum Gasteiger partial charge on any atom is -0.481 e. The van der Waals surface area contributed by atoms with Crippen molar-refractivity contribution < 1.29 is 27.1 Å². The van der Waals surface area contributed by atoms with Crippen LogP contribution in [0.15, 0.2) is 34.8 Å². The molecule has 0 radical (unpaired) electrons. The maximum Gasteiger partial charge on any atom is 0.203 e. The lowest BCUT2D eigenvalue weighted by molar-refractivity contribution is 0.0913. The Morgan fingerprint density at radius 1 is 1.00 bits per heavy atom. The smallest absolute Gasteiger partial charge is 0.203 e. The lowest BCUT2D eigenvalue weighted by Gasteiger charge is -2.09. The molecule has 0 fully saturated rings. The Morgan fingerprint density at radius 3 is 2.38 bits per heavy atom. The molecule has 2 aromatic carbocycles. The molecule has 0 bridgehead atoms. The molecular weight excluding hydrogens is 356 g/mol. The number of halogens is 5. The highest BCUT2D eigenvalue weighted by atomic mass is 79.9. The Balaban J connectivity index is 2.17. The lowest BCUT2D eigenvalue weighted by Crippen LogP contribution is -2.14. The van der Waals surface area contributed by atoms with Crippen molar-refractivity contribution in [1.82, 2.24) is 0 Å². The van der Waals surface area contributed by atoms with E-state index in [9.17, 15) is 22.4 Å². The second kappa shape index (κ2) is 6.26. The number of carbonyl (C=O) groups excluding carboxylic acids is 1. The fraction of sp³-hybridized carbons (Fsp3) is 0.0714. The summed E-state index contributed by atoms with van der Waals surface area (Å²) in [5.41, 5.74) is -0.506. The van der Waals surface area contributed by atoms with Crippen molar-refractivity contribution in [3.05, 3.63) is 63.6 Å². The first-order valence-corrected chi connectivity index (χ1v) is 6.43. The summed E-state index contributed by atoms with van der Waals surface area (Å²) in [4.78, 5) is 11.7. The van der Waals surface area contributed by atoms with Gasteiger partial charge in [0.1, 0.15) is 17.5 Å². The second-order valence-corrected chi connectivity index (χ2v) is 4.89.